The summed E-state index contributed by atoms with van der Waals surface area (Å²) >= 11 is 0. The Bertz CT molecular complexity index is 664. The largest absolute Gasteiger partial charge is 0.303 e. The zero-order valence-corrected chi connectivity index (χ0v) is 14.9. The Balaban J connectivity index is 0.00000156. The first-order chi connectivity index (χ1) is 10.8. The van der Waals surface area contributed by atoms with Crippen molar-refractivity contribution >= 4 is 12.4 Å². The molecule has 2 aliphatic rings. The average molecular weight is 328 g/mol. The van der Waals surface area contributed by atoms with Gasteiger partial charge in [-0.2, -0.15) is 0 Å². The molecule has 0 aromatic heterocycles. The number of piperidine rings is 1. The molecule has 0 spiro atoms. The lowest BCUT2D eigenvalue weighted by Gasteiger charge is -2.37. The van der Waals surface area contributed by atoms with E-state index >= 15 is 0 Å². The van der Waals surface area contributed by atoms with Crippen molar-refractivity contribution in [2.75, 3.05) is 19.6 Å². The van der Waals surface area contributed by atoms with Crippen molar-refractivity contribution in [3.63, 3.8) is 0 Å². The Kier molecular flexibility index (Phi) is 4.79. The molecule has 1 aliphatic heterocycles. The molecule has 0 amide bonds. The topological polar surface area (TPSA) is 3.24 Å². The molecule has 2 aromatic carbocycles. The van der Waals surface area contributed by atoms with E-state index in [9.17, 15) is 0 Å². The summed E-state index contributed by atoms with van der Waals surface area (Å²) in [5, 5.41) is 0. The van der Waals surface area contributed by atoms with Crippen molar-refractivity contribution in [2.45, 2.75) is 32.1 Å². The lowest BCUT2D eigenvalue weighted by Crippen LogP contribution is -2.38. The van der Waals surface area contributed by atoms with Gasteiger partial charge in [0, 0.05) is 18.4 Å². The summed E-state index contributed by atoms with van der Waals surface area (Å²) in [7, 11) is 0. The van der Waals surface area contributed by atoms with Crippen LogP contribution in [-0.4, -0.2) is 24.5 Å². The van der Waals surface area contributed by atoms with Crippen LogP contribution in [0.15, 0.2) is 48.5 Å². The molecule has 1 saturated heterocycles. The van der Waals surface area contributed by atoms with Gasteiger partial charge in [0.25, 0.3) is 0 Å². The van der Waals surface area contributed by atoms with Gasteiger partial charge in [0.2, 0.25) is 0 Å². The van der Waals surface area contributed by atoms with E-state index in [0.29, 0.717) is 5.92 Å². The van der Waals surface area contributed by atoms with Gasteiger partial charge in [0.05, 0.1) is 0 Å². The SMILES string of the molecule is CCN1CC[C@H]2[C@H](c3ccc(C)cc3)c3ccccc3[C@H]2C1.Cl. The van der Waals surface area contributed by atoms with Crippen LogP contribution in [0.25, 0.3) is 0 Å². The van der Waals surface area contributed by atoms with E-state index in [4.69, 9.17) is 0 Å². The first-order valence-electron chi connectivity index (χ1n) is 8.65. The van der Waals surface area contributed by atoms with Crippen LogP contribution in [0.1, 0.15) is 47.4 Å². The Morgan fingerprint density at radius 2 is 1.70 bits per heavy atom. The third-order valence-electron chi connectivity index (χ3n) is 5.79. The molecule has 122 valence electrons. The molecule has 0 bridgehead atoms. The Morgan fingerprint density at radius 3 is 2.39 bits per heavy atom. The van der Waals surface area contributed by atoms with Gasteiger partial charge in [-0.25, -0.2) is 0 Å². The van der Waals surface area contributed by atoms with Gasteiger partial charge in [-0.3, -0.25) is 0 Å². The van der Waals surface area contributed by atoms with Gasteiger partial charge in [-0.05, 0) is 49.0 Å². The number of hydrogen-bond acceptors (Lipinski definition) is 1. The smallest absolute Gasteiger partial charge is 0.0127 e. The second-order valence-corrected chi connectivity index (χ2v) is 6.97. The van der Waals surface area contributed by atoms with Gasteiger partial charge in [-0.1, -0.05) is 61.0 Å². The van der Waals surface area contributed by atoms with E-state index in [-0.39, 0.29) is 12.4 Å². The summed E-state index contributed by atoms with van der Waals surface area (Å²) in [6, 6.07) is 18.4. The van der Waals surface area contributed by atoms with Crippen LogP contribution < -0.4 is 0 Å². The van der Waals surface area contributed by atoms with Gasteiger partial charge >= 0.3 is 0 Å². The highest BCUT2D eigenvalue weighted by molar-refractivity contribution is 5.85. The molecule has 0 radical (unpaired) electrons. The standard InChI is InChI=1S/C21H25N.ClH/c1-3-22-13-12-19-20(14-22)17-6-4-5-7-18(17)21(19)16-10-8-15(2)9-11-16;/h4-11,19-21H,3,12-14H2,1-2H3;1H/t19-,20-,21-;/m1./s1. The summed E-state index contributed by atoms with van der Waals surface area (Å²) < 4.78 is 0. The minimum atomic E-state index is 0. The van der Waals surface area contributed by atoms with E-state index in [1.165, 1.54) is 37.2 Å². The molecule has 23 heavy (non-hydrogen) atoms. The zero-order valence-electron chi connectivity index (χ0n) is 14.0. The predicted octanol–water partition coefficient (Wildman–Crippen LogP) is 4.99. The summed E-state index contributed by atoms with van der Waals surface area (Å²) in [5.74, 6) is 2.10. The molecule has 1 aliphatic carbocycles. The second-order valence-electron chi connectivity index (χ2n) is 6.97. The average Bonchev–Trinajstić information content (AvgIpc) is 2.89. The number of aryl methyl sites for hydroxylation is 1. The number of halogens is 1. The fourth-order valence-corrected chi connectivity index (χ4v) is 4.62. The molecule has 2 heteroatoms. The molecule has 0 saturated carbocycles. The van der Waals surface area contributed by atoms with E-state index in [0.717, 1.165) is 11.8 Å². The molecule has 1 fully saturated rings. The highest BCUT2D eigenvalue weighted by atomic mass is 35.5. The van der Waals surface area contributed by atoms with Crippen LogP contribution in [-0.2, 0) is 0 Å². The van der Waals surface area contributed by atoms with Gasteiger partial charge in [-0.15, -0.1) is 12.4 Å². The summed E-state index contributed by atoms with van der Waals surface area (Å²) in [6.07, 6.45) is 1.33. The summed E-state index contributed by atoms with van der Waals surface area (Å²) in [6.45, 7) is 8.14. The maximum absolute atomic E-state index is 2.62. The lowest BCUT2D eigenvalue weighted by molar-refractivity contribution is 0.167. The Morgan fingerprint density at radius 1 is 1.00 bits per heavy atom. The van der Waals surface area contributed by atoms with Crippen molar-refractivity contribution in [1.82, 2.24) is 4.90 Å². The third kappa shape index (κ3) is 2.81. The fraction of sp³-hybridized carbons (Fsp3) is 0.429. The zero-order chi connectivity index (χ0) is 15.1. The first kappa shape index (κ1) is 16.5. The predicted molar refractivity (Wildman–Crippen MR) is 99.7 cm³/mol. The van der Waals surface area contributed by atoms with E-state index in [1.54, 1.807) is 11.1 Å². The number of hydrogen-bond donors (Lipinski definition) is 0. The van der Waals surface area contributed by atoms with Crippen LogP contribution in [0.3, 0.4) is 0 Å². The quantitative estimate of drug-likeness (QED) is 0.751. The normalized spacial score (nSPS) is 26.3. The molecular formula is C21H26ClN. The lowest BCUT2D eigenvalue weighted by atomic mass is 9.78. The Labute approximate surface area is 146 Å². The first-order valence-corrected chi connectivity index (χ1v) is 8.65. The molecule has 1 heterocycles. The second kappa shape index (κ2) is 6.67. The molecule has 3 atom stereocenters. The van der Waals surface area contributed by atoms with Crippen LogP contribution in [0.5, 0.6) is 0 Å². The fourth-order valence-electron chi connectivity index (χ4n) is 4.62. The van der Waals surface area contributed by atoms with Crippen molar-refractivity contribution in [1.29, 1.82) is 0 Å². The van der Waals surface area contributed by atoms with Crippen LogP contribution in [0.4, 0.5) is 0 Å². The maximum Gasteiger partial charge on any atom is 0.0127 e. The van der Waals surface area contributed by atoms with Crippen molar-refractivity contribution in [3.8, 4) is 0 Å². The van der Waals surface area contributed by atoms with Crippen molar-refractivity contribution < 1.29 is 0 Å². The molecular weight excluding hydrogens is 302 g/mol. The van der Waals surface area contributed by atoms with Crippen LogP contribution in [0.2, 0.25) is 0 Å². The highest BCUT2D eigenvalue weighted by Gasteiger charge is 2.43. The molecule has 1 nitrogen and oxygen atoms in total. The van der Waals surface area contributed by atoms with Crippen LogP contribution >= 0.6 is 12.4 Å². The van der Waals surface area contributed by atoms with E-state index < -0.39 is 0 Å². The molecule has 2 aromatic rings. The van der Waals surface area contributed by atoms with Gasteiger partial charge in [0.15, 0.2) is 0 Å². The highest BCUT2D eigenvalue weighted by Crippen LogP contribution is 2.52. The van der Waals surface area contributed by atoms with Gasteiger partial charge < -0.3 is 4.90 Å². The number of rotatable bonds is 2. The monoisotopic (exact) mass is 327 g/mol. The minimum absolute atomic E-state index is 0. The maximum atomic E-state index is 2.62. The number of likely N-dealkylation sites (tertiary alicyclic amines) is 1. The van der Waals surface area contributed by atoms with E-state index in [2.05, 4.69) is 67.3 Å². The number of benzene rings is 2. The van der Waals surface area contributed by atoms with Gasteiger partial charge in [0.1, 0.15) is 0 Å². The third-order valence-corrected chi connectivity index (χ3v) is 5.79. The number of likely N-dealkylation sites (N-methyl/N-ethyl adjacent to an activating group) is 1. The molecule has 0 unspecified atom stereocenters. The summed E-state index contributed by atoms with van der Waals surface area (Å²) in [4.78, 5) is 2.62. The van der Waals surface area contributed by atoms with Crippen molar-refractivity contribution in [2.24, 2.45) is 5.92 Å². The minimum Gasteiger partial charge on any atom is -0.303 e. The number of fused-ring (bicyclic) bond motifs is 3. The summed E-state index contributed by atoms with van der Waals surface area (Å²) in [5.41, 5.74) is 6.05. The molecule has 4 rings (SSSR count). The Hall–Kier alpha value is -1.31. The van der Waals surface area contributed by atoms with Crippen LogP contribution in [0, 0.1) is 12.8 Å². The number of nitrogens with zero attached hydrogens (tertiary/aromatic N) is 1. The van der Waals surface area contributed by atoms with E-state index in [1.807, 2.05) is 0 Å². The van der Waals surface area contributed by atoms with Crippen molar-refractivity contribution in [3.05, 3.63) is 70.8 Å². The molecule has 0 N–H and O–H groups in total.